The monoisotopic (exact) mass is 237 g/mol. The highest BCUT2D eigenvalue weighted by atomic mass is 32.2. The zero-order valence-electron chi connectivity index (χ0n) is 7.97. The number of rotatable bonds is 2. The van der Waals surface area contributed by atoms with Crippen molar-refractivity contribution >= 4 is 16.5 Å². The lowest BCUT2D eigenvalue weighted by atomic mass is 10.2. The maximum atomic E-state index is 12.0. The van der Waals surface area contributed by atoms with Crippen LogP contribution in [0.2, 0.25) is 0 Å². The number of hydrogen-bond donors (Lipinski definition) is 1. The molecule has 1 unspecified atom stereocenters. The van der Waals surface area contributed by atoms with Crippen LogP contribution in [0.3, 0.4) is 0 Å². The molecule has 2 N–H and O–H groups in total. The highest BCUT2D eigenvalue weighted by Crippen LogP contribution is 2.23. The van der Waals surface area contributed by atoms with Gasteiger partial charge in [-0.15, -0.1) is 0 Å². The summed E-state index contributed by atoms with van der Waals surface area (Å²) in [5.41, 5.74) is 6.31. The normalized spacial score (nSPS) is 13.9. The fourth-order valence-electron chi connectivity index (χ4n) is 1.07. The summed E-state index contributed by atoms with van der Waals surface area (Å²) in [5, 5.41) is 0. The molecule has 0 aliphatic rings. The van der Waals surface area contributed by atoms with Gasteiger partial charge in [-0.3, -0.25) is 4.21 Å². The van der Waals surface area contributed by atoms with Crippen molar-refractivity contribution in [2.75, 3.05) is 11.5 Å². The van der Waals surface area contributed by atoms with Crippen molar-refractivity contribution in [2.45, 2.75) is 18.0 Å². The van der Waals surface area contributed by atoms with Gasteiger partial charge in [0.1, 0.15) is 5.75 Å². The van der Waals surface area contributed by atoms with Crippen LogP contribution < -0.4 is 5.73 Å². The van der Waals surface area contributed by atoms with E-state index >= 15 is 0 Å². The predicted octanol–water partition coefficient (Wildman–Crippen LogP) is 2.25. The van der Waals surface area contributed by atoms with Crippen LogP contribution >= 0.6 is 0 Å². The number of anilines is 1. The van der Waals surface area contributed by atoms with Crippen molar-refractivity contribution < 1.29 is 17.4 Å². The summed E-state index contributed by atoms with van der Waals surface area (Å²) in [5.74, 6) is -1.36. The fourth-order valence-corrected chi connectivity index (χ4v) is 2.17. The van der Waals surface area contributed by atoms with Gasteiger partial charge in [-0.1, -0.05) is 6.07 Å². The SMILES string of the molecule is Cc1ccc(N)c(S(=O)CC(F)(F)F)c1. The molecule has 0 bridgehead atoms. The van der Waals surface area contributed by atoms with E-state index in [1.807, 2.05) is 0 Å². The second-order valence-corrected chi connectivity index (χ2v) is 4.57. The summed E-state index contributed by atoms with van der Waals surface area (Å²) in [6.07, 6.45) is -4.44. The first-order valence-electron chi connectivity index (χ1n) is 4.11. The molecule has 1 rings (SSSR count). The van der Waals surface area contributed by atoms with Crippen LogP contribution in [-0.2, 0) is 10.8 Å². The molecule has 0 aliphatic carbocycles. The molecule has 0 saturated carbocycles. The molecule has 84 valence electrons. The Morgan fingerprint density at radius 3 is 2.53 bits per heavy atom. The number of hydrogen-bond acceptors (Lipinski definition) is 2. The van der Waals surface area contributed by atoms with Crippen molar-refractivity contribution in [1.82, 2.24) is 0 Å². The van der Waals surface area contributed by atoms with Crippen molar-refractivity contribution in [3.8, 4) is 0 Å². The van der Waals surface area contributed by atoms with E-state index in [4.69, 9.17) is 5.73 Å². The molecule has 0 aliphatic heterocycles. The molecular weight excluding hydrogens is 227 g/mol. The quantitative estimate of drug-likeness (QED) is 0.802. The van der Waals surface area contributed by atoms with Gasteiger partial charge in [0.25, 0.3) is 0 Å². The Bertz CT molecular complexity index is 389. The molecule has 1 atom stereocenters. The number of benzene rings is 1. The van der Waals surface area contributed by atoms with Crippen molar-refractivity contribution in [1.29, 1.82) is 0 Å². The van der Waals surface area contributed by atoms with Gasteiger partial charge < -0.3 is 5.73 Å². The van der Waals surface area contributed by atoms with E-state index in [1.54, 1.807) is 13.0 Å². The standard InChI is InChI=1S/C9H10F3NOS/c1-6-2-3-7(13)8(4-6)15(14)5-9(10,11)12/h2-4H,5,13H2,1H3. The minimum Gasteiger partial charge on any atom is -0.398 e. The summed E-state index contributed by atoms with van der Waals surface area (Å²) < 4.78 is 47.3. The first kappa shape index (κ1) is 12.0. The van der Waals surface area contributed by atoms with E-state index in [-0.39, 0.29) is 10.6 Å². The molecule has 1 aromatic carbocycles. The minimum absolute atomic E-state index is 0.0484. The number of nitrogens with two attached hydrogens (primary N) is 1. The maximum absolute atomic E-state index is 12.0. The Labute approximate surface area is 87.7 Å². The zero-order valence-corrected chi connectivity index (χ0v) is 8.78. The van der Waals surface area contributed by atoms with Gasteiger partial charge in [0.05, 0.1) is 15.7 Å². The molecule has 2 nitrogen and oxygen atoms in total. The molecule has 0 fully saturated rings. The van der Waals surface area contributed by atoms with E-state index in [0.717, 1.165) is 5.56 Å². The summed E-state index contributed by atoms with van der Waals surface area (Å²) >= 11 is 0. The number of aryl methyl sites for hydroxylation is 1. The van der Waals surface area contributed by atoms with E-state index < -0.39 is 22.7 Å². The van der Waals surface area contributed by atoms with Crippen LogP contribution in [0.1, 0.15) is 5.56 Å². The highest BCUT2D eigenvalue weighted by Gasteiger charge is 2.31. The van der Waals surface area contributed by atoms with Gasteiger partial charge in [-0.2, -0.15) is 13.2 Å². The van der Waals surface area contributed by atoms with E-state index in [2.05, 4.69) is 0 Å². The first-order chi connectivity index (χ1) is 6.79. The van der Waals surface area contributed by atoms with Crippen LogP contribution in [0.5, 0.6) is 0 Å². The summed E-state index contributed by atoms with van der Waals surface area (Å²) in [6, 6.07) is 4.53. The van der Waals surface area contributed by atoms with E-state index in [1.165, 1.54) is 12.1 Å². The largest absolute Gasteiger partial charge is 0.400 e. The van der Waals surface area contributed by atoms with Gasteiger partial charge in [-0.05, 0) is 24.6 Å². The van der Waals surface area contributed by atoms with Gasteiger partial charge >= 0.3 is 6.18 Å². The lowest BCUT2D eigenvalue weighted by molar-refractivity contribution is -0.105. The average Bonchev–Trinajstić information content (AvgIpc) is 2.06. The molecular formula is C9H10F3NOS. The third-order valence-electron chi connectivity index (χ3n) is 1.71. The molecule has 0 amide bonds. The molecule has 6 heteroatoms. The van der Waals surface area contributed by atoms with Crippen LogP contribution in [0.4, 0.5) is 18.9 Å². The lowest BCUT2D eigenvalue weighted by Crippen LogP contribution is -2.19. The van der Waals surface area contributed by atoms with Crippen LogP contribution in [0.25, 0.3) is 0 Å². The summed E-state index contributed by atoms with van der Waals surface area (Å²) in [6.45, 7) is 1.70. The molecule has 0 saturated heterocycles. The molecule has 0 radical (unpaired) electrons. The van der Waals surface area contributed by atoms with Gasteiger partial charge in [0.15, 0.2) is 0 Å². The Morgan fingerprint density at radius 2 is 2.00 bits per heavy atom. The topological polar surface area (TPSA) is 43.1 Å². The van der Waals surface area contributed by atoms with Gasteiger partial charge in [0, 0.05) is 5.69 Å². The number of halogens is 3. The van der Waals surface area contributed by atoms with Crippen molar-refractivity contribution in [2.24, 2.45) is 0 Å². The molecule has 0 heterocycles. The molecule has 0 aromatic heterocycles. The van der Waals surface area contributed by atoms with E-state index in [0.29, 0.717) is 0 Å². The Hall–Kier alpha value is -1.04. The predicted molar refractivity (Wildman–Crippen MR) is 52.9 cm³/mol. The average molecular weight is 237 g/mol. The van der Waals surface area contributed by atoms with Crippen molar-refractivity contribution in [3.05, 3.63) is 23.8 Å². The minimum atomic E-state index is -4.44. The second-order valence-electron chi connectivity index (χ2n) is 3.15. The third kappa shape index (κ3) is 3.54. The third-order valence-corrected chi connectivity index (χ3v) is 3.14. The smallest absolute Gasteiger partial charge is 0.398 e. The van der Waals surface area contributed by atoms with Crippen molar-refractivity contribution in [3.63, 3.8) is 0 Å². The second kappa shape index (κ2) is 4.22. The molecule has 1 aromatic rings. The van der Waals surface area contributed by atoms with Crippen LogP contribution in [0, 0.1) is 6.92 Å². The number of nitrogen functional groups attached to an aromatic ring is 1. The molecule has 0 spiro atoms. The molecule has 15 heavy (non-hydrogen) atoms. The maximum Gasteiger partial charge on any atom is 0.400 e. The summed E-state index contributed by atoms with van der Waals surface area (Å²) in [4.78, 5) is 0.0484. The van der Waals surface area contributed by atoms with Crippen LogP contribution in [-0.4, -0.2) is 16.1 Å². The fraction of sp³-hybridized carbons (Fsp3) is 0.333. The lowest BCUT2D eigenvalue weighted by Gasteiger charge is -2.09. The number of alkyl halides is 3. The highest BCUT2D eigenvalue weighted by molar-refractivity contribution is 7.85. The zero-order chi connectivity index (χ0) is 11.6. The van der Waals surface area contributed by atoms with E-state index in [9.17, 15) is 17.4 Å². The Balaban J connectivity index is 2.96. The first-order valence-corrected chi connectivity index (χ1v) is 5.43. The van der Waals surface area contributed by atoms with Crippen LogP contribution in [0.15, 0.2) is 23.1 Å². The summed E-state index contributed by atoms with van der Waals surface area (Å²) in [7, 11) is -2.12. The Morgan fingerprint density at radius 1 is 1.40 bits per heavy atom. The van der Waals surface area contributed by atoms with Gasteiger partial charge in [-0.25, -0.2) is 0 Å². The van der Waals surface area contributed by atoms with Gasteiger partial charge in [0.2, 0.25) is 0 Å². The Kier molecular flexibility index (Phi) is 3.38.